The van der Waals surface area contributed by atoms with E-state index < -0.39 is 18.2 Å². The van der Waals surface area contributed by atoms with Crippen LogP contribution in [0.2, 0.25) is 0 Å². The summed E-state index contributed by atoms with van der Waals surface area (Å²) in [5.41, 5.74) is 3.12. The maximum Gasteiger partial charge on any atom is 0.388 e. The van der Waals surface area contributed by atoms with Crippen LogP contribution < -0.4 is 9.47 Å². The molecule has 0 saturated carbocycles. The van der Waals surface area contributed by atoms with Crippen LogP contribution in [-0.4, -0.2) is 35.3 Å². The number of hydrogen-bond acceptors (Lipinski definition) is 5. The number of nitrogens with zero attached hydrogens (tertiary/aromatic N) is 3. The Balaban J connectivity index is 1.62. The molecule has 0 aliphatic carbocycles. The van der Waals surface area contributed by atoms with E-state index in [1.165, 1.54) is 6.07 Å². The van der Waals surface area contributed by atoms with Crippen LogP contribution >= 0.6 is 0 Å². The zero-order chi connectivity index (χ0) is 22.0. The first kappa shape index (κ1) is 21.0. The molecule has 0 spiro atoms. The van der Waals surface area contributed by atoms with Gasteiger partial charge in [0, 0.05) is 49.3 Å². The molecule has 1 aliphatic rings. The van der Waals surface area contributed by atoms with Gasteiger partial charge in [-0.2, -0.15) is 8.78 Å². The summed E-state index contributed by atoms with van der Waals surface area (Å²) < 4.78 is 61.9. The number of aromatic nitrogens is 2. The summed E-state index contributed by atoms with van der Waals surface area (Å²) in [5.74, 6) is -1.53. The van der Waals surface area contributed by atoms with Crippen molar-refractivity contribution >= 4 is 0 Å². The molecule has 31 heavy (non-hydrogen) atoms. The second-order valence-corrected chi connectivity index (χ2v) is 7.29. The molecule has 0 N–H and O–H groups in total. The second kappa shape index (κ2) is 8.89. The Bertz CT molecular complexity index is 1040. The smallest absolute Gasteiger partial charge is 0.388 e. The van der Waals surface area contributed by atoms with Gasteiger partial charge in [-0.3, -0.25) is 0 Å². The summed E-state index contributed by atoms with van der Waals surface area (Å²) >= 11 is 0. The van der Waals surface area contributed by atoms with Gasteiger partial charge < -0.3 is 14.4 Å². The Morgan fingerprint density at radius 2 is 1.77 bits per heavy atom. The van der Waals surface area contributed by atoms with Crippen LogP contribution in [0, 0.1) is 11.6 Å². The number of ether oxygens (including phenoxy) is 2. The third-order valence-corrected chi connectivity index (χ3v) is 4.96. The predicted molar refractivity (Wildman–Crippen MR) is 105 cm³/mol. The normalized spacial score (nSPS) is 16.6. The van der Waals surface area contributed by atoms with Crippen LogP contribution in [0.1, 0.15) is 23.7 Å². The molecular weight excluding hydrogens is 414 g/mol. The molecule has 0 fully saturated rings. The van der Waals surface area contributed by atoms with E-state index in [9.17, 15) is 17.6 Å². The Morgan fingerprint density at radius 3 is 2.45 bits per heavy atom. The average Bonchev–Trinajstić information content (AvgIpc) is 2.85. The van der Waals surface area contributed by atoms with Crippen molar-refractivity contribution < 1.29 is 27.0 Å². The number of hydrogen-bond donors (Lipinski definition) is 0. The third-order valence-electron chi connectivity index (χ3n) is 4.96. The van der Waals surface area contributed by atoms with E-state index in [4.69, 9.17) is 4.74 Å². The Hall–Kier alpha value is -3.20. The molecule has 3 aromatic rings. The van der Waals surface area contributed by atoms with Crippen molar-refractivity contribution in [1.82, 2.24) is 15.1 Å². The van der Waals surface area contributed by atoms with Gasteiger partial charge in [0.1, 0.15) is 23.5 Å². The first-order chi connectivity index (χ1) is 14.9. The minimum atomic E-state index is -2.97. The van der Waals surface area contributed by atoms with Crippen molar-refractivity contribution in [3.05, 3.63) is 71.3 Å². The summed E-state index contributed by atoms with van der Waals surface area (Å²) in [6.45, 7) is -1.60. The number of alkyl halides is 2. The van der Waals surface area contributed by atoms with Gasteiger partial charge in [-0.25, -0.2) is 8.78 Å². The van der Waals surface area contributed by atoms with E-state index in [0.717, 1.165) is 41.4 Å². The fourth-order valence-corrected chi connectivity index (χ4v) is 3.59. The zero-order valence-corrected chi connectivity index (χ0v) is 16.6. The number of benzene rings is 2. The molecular formula is C22H19F4N3O2. The molecule has 1 unspecified atom stereocenters. The van der Waals surface area contributed by atoms with Crippen LogP contribution in [0.3, 0.4) is 0 Å². The lowest BCUT2D eigenvalue weighted by Crippen LogP contribution is -2.18. The monoisotopic (exact) mass is 433 g/mol. The Kier molecular flexibility index (Phi) is 6.03. The summed E-state index contributed by atoms with van der Waals surface area (Å²) in [5, 5.41) is 7.63. The maximum atomic E-state index is 13.6. The molecule has 1 aromatic heterocycles. The number of halogens is 4. The largest absolute Gasteiger partial charge is 0.485 e. The van der Waals surface area contributed by atoms with Gasteiger partial charge in [0.05, 0.1) is 5.69 Å². The van der Waals surface area contributed by atoms with Gasteiger partial charge in [-0.05, 0) is 30.3 Å². The zero-order valence-electron chi connectivity index (χ0n) is 16.6. The fourth-order valence-electron chi connectivity index (χ4n) is 3.59. The van der Waals surface area contributed by atoms with E-state index in [0.29, 0.717) is 18.7 Å². The van der Waals surface area contributed by atoms with Crippen LogP contribution in [0.25, 0.3) is 11.3 Å². The fraction of sp³-hybridized carbons (Fsp3) is 0.273. The highest BCUT2D eigenvalue weighted by Gasteiger charge is 2.23. The number of fused-ring (bicyclic) bond motifs is 1. The summed E-state index contributed by atoms with van der Waals surface area (Å²) in [4.78, 5) is 2.11. The van der Waals surface area contributed by atoms with Crippen LogP contribution in [0.5, 0.6) is 11.6 Å². The third kappa shape index (κ3) is 5.11. The highest BCUT2D eigenvalue weighted by Crippen LogP contribution is 2.33. The van der Waals surface area contributed by atoms with Gasteiger partial charge in [-0.1, -0.05) is 12.1 Å². The van der Waals surface area contributed by atoms with Crippen molar-refractivity contribution in [3.63, 3.8) is 0 Å². The molecule has 0 bridgehead atoms. The number of rotatable bonds is 5. The first-order valence-corrected chi connectivity index (χ1v) is 9.60. The molecule has 162 valence electrons. The van der Waals surface area contributed by atoms with Crippen molar-refractivity contribution in [2.45, 2.75) is 25.7 Å². The molecule has 2 aromatic carbocycles. The average molecular weight is 433 g/mol. The highest BCUT2D eigenvalue weighted by molar-refractivity contribution is 5.61. The van der Waals surface area contributed by atoms with E-state index in [-0.39, 0.29) is 17.7 Å². The molecule has 4 rings (SSSR count). The van der Waals surface area contributed by atoms with Crippen LogP contribution in [0.15, 0.2) is 48.5 Å². The molecule has 5 nitrogen and oxygen atoms in total. The first-order valence-electron chi connectivity index (χ1n) is 9.60. The minimum Gasteiger partial charge on any atom is -0.485 e. The topological polar surface area (TPSA) is 47.5 Å². The molecule has 0 amide bonds. The Morgan fingerprint density at radius 1 is 1.00 bits per heavy atom. The quantitative estimate of drug-likeness (QED) is 0.532. The summed E-state index contributed by atoms with van der Waals surface area (Å²) in [6, 6.07) is 11.6. The van der Waals surface area contributed by atoms with Crippen LogP contribution in [-0.2, 0) is 6.54 Å². The van der Waals surface area contributed by atoms with E-state index >= 15 is 0 Å². The molecule has 9 heteroatoms. The molecule has 1 atom stereocenters. The Labute approximate surface area is 176 Å². The van der Waals surface area contributed by atoms with Gasteiger partial charge in [-0.15, -0.1) is 10.2 Å². The lowest BCUT2D eigenvalue weighted by Gasteiger charge is -2.20. The maximum absolute atomic E-state index is 13.6. The lowest BCUT2D eigenvalue weighted by atomic mass is 9.97. The summed E-state index contributed by atoms with van der Waals surface area (Å²) in [6.07, 6.45) is 0.253. The second-order valence-electron chi connectivity index (χ2n) is 7.29. The van der Waals surface area contributed by atoms with Gasteiger partial charge in [0.15, 0.2) is 0 Å². The predicted octanol–water partition coefficient (Wildman–Crippen LogP) is 4.98. The standard InChI is InChI=1S/C22H19F4N3O2/c1-29-7-6-20(30-17-10-15(23)9-16(24)11-17)18-3-2-13(8-14(18)12-29)19-4-5-21(28-27-19)31-22(25)26/h2-5,8-11,20,22H,6-7,12H2,1H3. The lowest BCUT2D eigenvalue weighted by molar-refractivity contribution is -0.0534. The van der Waals surface area contributed by atoms with Crippen LogP contribution in [0.4, 0.5) is 17.6 Å². The SMILES string of the molecule is CN1CCC(Oc2cc(F)cc(F)c2)c2ccc(-c3ccc(OC(F)F)nn3)cc2C1. The van der Waals surface area contributed by atoms with Gasteiger partial charge in [0.25, 0.3) is 0 Å². The minimum absolute atomic E-state index is 0.127. The van der Waals surface area contributed by atoms with E-state index in [1.807, 2.05) is 25.2 Å². The van der Waals surface area contributed by atoms with Gasteiger partial charge in [0.2, 0.25) is 5.88 Å². The van der Waals surface area contributed by atoms with E-state index in [1.54, 1.807) is 6.07 Å². The highest BCUT2D eigenvalue weighted by atomic mass is 19.3. The summed E-state index contributed by atoms with van der Waals surface area (Å²) in [7, 11) is 1.97. The van der Waals surface area contributed by atoms with Crippen molar-refractivity contribution in [2.24, 2.45) is 0 Å². The van der Waals surface area contributed by atoms with E-state index in [2.05, 4.69) is 19.8 Å². The molecule has 0 saturated heterocycles. The van der Waals surface area contributed by atoms with Gasteiger partial charge >= 0.3 is 6.61 Å². The molecule has 2 heterocycles. The van der Waals surface area contributed by atoms with Crippen molar-refractivity contribution in [2.75, 3.05) is 13.6 Å². The van der Waals surface area contributed by atoms with Crippen molar-refractivity contribution in [3.8, 4) is 22.9 Å². The molecule has 0 radical (unpaired) electrons. The molecule has 1 aliphatic heterocycles. The van der Waals surface area contributed by atoms with Crippen molar-refractivity contribution in [1.29, 1.82) is 0 Å².